The molecule has 0 radical (unpaired) electrons. The van der Waals surface area contributed by atoms with Gasteiger partial charge in [0.25, 0.3) is 0 Å². The number of ketones is 1. The molecule has 0 amide bonds. The van der Waals surface area contributed by atoms with E-state index in [0.29, 0.717) is 18.1 Å². The number of hydrogen-bond acceptors (Lipinski definition) is 2. The lowest BCUT2D eigenvalue weighted by Crippen LogP contribution is -2.43. The first-order valence-corrected chi connectivity index (χ1v) is 5.50. The van der Waals surface area contributed by atoms with Crippen LogP contribution in [-0.2, 0) is 4.79 Å². The molecule has 1 unspecified atom stereocenters. The summed E-state index contributed by atoms with van der Waals surface area (Å²) in [6.07, 6.45) is 0.684. The summed E-state index contributed by atoms with van der Waals surface area (Å²) in [5.74, 6) is 0.750. The second kappa shape index (κ2) is 2.82. The van der Waals surface area contributed by atoms with E-state index in [1.54, 1.807) is 11.3 Å². The first-order chi connectivity index (χ1) is 6.01. The van der Waals surface area contributed by atoms with Crippen molar-refractivity contribution in [3.8, 4) is 0 Å². The van der Waals surface area contributed by atoms with E-state index in [2.05, 4.69) is 0 Å². The minimum Gasteiger partial charge on any atom is -0.299 e. The second-order valence-corrected chi connectivity index (χ2v) is 5.79. The lowest BCUT2D eigenvalue weighted by atomic mass is 9.61. The molecule has 0 spiro atoms. The predicted octanol–water partition coefficient (Wildman–Crippen LogP) is 3.48. The van der Waals surface area contributed by atoms with Crippen LogP contribution in [0.25, 0.3) is 0 Å². The van der Waals surface area contributed by atoms with Crippen LogP contribution in [0, 0.1) is 5.41 Å². The zero-order valence-electron chi connectivity index (χ0n) is 7.63. The molecule has 1 fully saturated rings. The number of rotatable bonds is 1. The lowest BCUT2D eigenvalue weighted by Gasteiger charge is -2.41. The van der Waals surface area contributed by atoms with Crippen molar-refractivity contribution in [3.63, 3.8) is 0 Å². The van der Waals surface area contributed by atoms with E-state index in [4.69, 9.17) is 11.6 Å². The highest BCUT2D eigenvalue weighted by Gasteiger charge is 2.48. The summed E-state index contributed by atoms with van der Waals surface area (Å²) in [5.41, 5.74) is -0.172. The molecule has 3 heteroatoms. The Morgan fingerprint density at radius 1 is 1.54 bits per heavy atom. The molecule has 1 aromatic rings. The molecule has 13 heavy (non-hydrogen) atoms. The molecule has 0 N–H and O–H groups in total. The van der Waals surface area contributed by atoms with E-state index >= 15 is 0 Å². The zero-order valence-corrected chi connectivity index (χ0v) is 9.21. The van der Waals surface area contributed by atoms with Crippen LogP contribution in [0.1, 0.15) is 31.1 Å². The summed E-state index contributed by atoms with van der Waals surface area (Å²) >= 11 is 7.44. The van der Waals surface area contributed by atoms with E-state index in [9.17, 15) is 4.79 Å². The Balaban J connectivity index is 2.26. The highest BCUT2D eigenvalue weighted by atomic mass is 35.5. The third-order valence-electron chi connectivity index (χ3n) is 2.92. The van der Waals surface area contributed by atoms with Gasteiger partial charge in [-0.3, -0.25) is 4.79 Å². The first-order valence-electron chi connectivity index (χ1n) is 4.30. The Bertz CT molecular complexity index is 354. The average molecular weight is 215 g/mol. The van der Waals surface area contributed by atoms with E-state index in [1.807, 2.05) is 26.0 Å². The Morgan fingerprint density at radius 3 is 2.62 bits per heavy atom. The van der Waals surface area contributed by atoms with Crippen LogP contribution in [0.5, 0.6) is 0 Å². The SMILES string of the molecule is CC1(C)C(=O)CC1c1ccc(Cl)s1. The van der Waals surface area contributed by atoms with Crippen molar-refractivity contribution in [2.24, 2.45) is 5.41 Å². The Labute approximate surface area is 86.7 Å². The molecule has 1 aliphatic carbocycles. The van der Waals surface area contributed by atoms with Crippen LogP contribution >= 0.6 is 22.9 Å². The van der Waals surface area contributed by atoms with Gasteiger partial charge in [0.1, 0.15) is 5.78 Å². The van der Waals surface area contributed by atoms with E-state index in [1.165, 1.54) is 4.88 Å². The third kappa shape index (κ3) is 1.32. The number of Topliss-reactive ketones (excluding diaryl/α,β-unsaturated/α-hetero) is 1. The monoisotopic (exact) mass is 214 g/mol. The maximum absolute atomic E-state index is 11.3. The second-order valence-electron chi connectivity index (χ2n) is 4.04. The molecule has 1 atom stereocenters. The quantitative estimate of drug-likeness (QED) is 0.700. The van der Waals surface area contributed by atoms with Crippen molar-refractivity contribution in [3.05, 3.63) is 21.3 Å². The van der Waals surface area contributed by atoms with Gasteiger partial charge < -0.3 is 0 Å². The van der Waals surface area contributed by atoms with Crippen molar-refractivity contribution < 1.29 is 4.79 Å². The van der Waals surface area contributed by atoms with Gasteiger partial charge in [-0.15, -0.1) is 11.3 Å². The van der Waals surface area contributed by atoms with Crippen LogP contribution in [0.4, 0.5) is 0 Å². The van der Waals surface area contributed by atoms with Gasteiger partial charge in [0.05, 0.1) is 4.34 Å². The van der Waals surface area contributed by atoms with E-state index < -0.39 is 0 Å². The lowest BCUT2D eigenvalue weighted by molar-refractivity contribution is -0.137. The van der Waals surface area contributed by atoms with Gasteiger partial charge in [-0.1, -0.05) is 25.4 Å². The van der Waals surface area contributed by atoms with Gasteiger partial charge in [-0.25, -0.2) is 0 Å². The van der Waals surface area contributed by atoms with Crippen molar-refractivity contribution in [1.29, 1.82) is 0 Å². The summed E-state index contributed by atoms with van der Waals surface area (Å²) in [6.45, 7) is 4.02. The van der Waals surface area contributed by atoms with Crippen LogP contribution in [0.2, 0.25) is 4.34 Å². The van der Waals surface area contributed by atoms with Crippen molar-refractivity contribution >= 4 is 28.7 Å². The molecule has 0 bridgehead atoms. The number of carbonyl (C=O) groups excluding carboxylic acids is 1. The summed E-state index contributed by atoms with van der Waals surface area (Å²) < 4.78 is 0.810. The van der Waals surface area contributed by atoms with Gasteiger partial charge >= 0.3 is 0 Å². The van der Waals surface area contributed by atoms with Crippen molar-refractivity contribution in [1.82, 2.24) is 0 Å². The molecule has 1 aromatic heterocycles. The van der Waals surface area contributed by atoms with Crippen LogP contribution in [0.15, 0.2) is 12.1 Å². The van der Waals surface area contributed by atoms with E-state index in [-0.39, 0.29) is 5.41 Å². The fourth-order valence-corrected chi connectivity index (χ4v) is 3.09. The minimum atomic E-state index is -0.172. The number of halogens is 1. The molecular formula is C10H11ClOS. The molecule has 0 aliphatic heterocycles. The molecule has 1 heterocycles. The van der Waals surface area contributed by atoms with Crippen LogP contribution in [0.3, 0.4) is 0 Å². The highest BCUT2D eigenvalue weighted by molar-refractivity contribution is 7.16. The van der Waals surface area contributed by atoms with Gasteiger partial charge in [0, 0.05) is 22.6 Å². The normalized spacial score (nSPS) is 25.8. The number of thiophene rings is 1. The summed E-state index contributed by atoms with van der Waals surface area (Å²) in [7, 11) is 0. The van der Waals surface area contributed by atoms with Gasteiger partial charge in [-0.05, 0) is 12.1 Å². The topological polar surface area (TPSA) is 17.1 Å². The summed E-state index contributed by atoms with van der Waals surface area (Å²) in [6, 6.07) is 3.94. The van der Waals surface area contributed by atoms with Gasteiger partial charge in [0.15, 0.2) is 0 Å². The molecule has 1 aliphatic rings. The molecule has 70 valence electrons. The van der Waals surface area contributed by atoms with Crippen LogP contribution < -0.4 is 0 Å². The number of carbonyl (C=O) groups is 1. The molecule has 0 saturated heterocycles. The minimum absolute atomic E-state index is 0.172. The molecule has 1 nitrogen and oxygen atoms in total. The third-order valence-corrected chi connectivity index (χ3v) is 4.26. The fourth-order valence-electron chi connectivity index (χ4n) is 1.74. The standard InChI is InChI=1S/C10H11ClOS/c1-10(2)6(5-8(10)12)7-3-4-9(11)13-7/h3-4,6H,5H2,1-2H3. The first kappa shape index (κ1) is 9.22. The number of hydrogen-bond donors (Lipinski definition) is 0. The Morgan fingerprint density at radius 2 is 2.23 bits per heavy atom. The zero-order chi connectivity index (χ0) is 9.64. The molecule has 1 saturated carbocycles. The fraction of sp³-hybridized carbons (Fsp3) is 0.500. The van der Waals surface area contributed by atoms with Gasteiger partial charge in [0.2, 0.25) is 0 Å². The molecular weight excluding hydrogens is 204 g/mol. The van der Waals surface area contributed by atoms with Crippen molar-refractivity contribution in [2.45, 2.75) is 26.2 Å². The van der Waals surface area contributed by atoms with Gasteiger partial charge in [-0.2, -0.15) is 0 Å². The Kier molecular flexibility index (Phi) is 2.00. The molecule has 0 aromatic carbocycles. The largest absolute Gasteiger partial charge is 0.299 e. The summed E-state index contributed by atoms with van der Waals surface area (Å²) in [5, 5.41) is 0. The average Bonchev–Trinajstić information content (AvgIpc) is 2.47. The molecule has 2 rings (SSSR count). The Hall–Kier alpha value is -0.340. The maximum Gasteiger partial charge on any atom is 0.139 e. The highest BCUT2D eigenvalue weighted by Crippen LogP contribution is 2.51. The van der Waals surface area contributed by atoms with Crippen molar-refractivity contribution in [2.75, 3.05) is 0 Å². The summed E-state index contributed by atoms with van der Waals surface area (Å²) in [4.78, 5) is 12.6. The predicted molar refractivity (Wildman–Crippen MR) is 55.5 cm³/mol. The smallest absolute Gasteiger partial charge is 0.139 e. The van der Waals surface area contributed by atoms with E-state index in [0.717, 1.165) is 4.34 Å². The van der Waals surface area contributed by atoms with Crippen LogP contribution in [-0.4, -0.2) is 5.78 Å². The maximum atomic E-state index is 11.3.